The molecule has 0 spiro atoms. The molecular weight excluding hydrogens is 536 g/mol. The van der Waals surface area contributed by atoms with Crippen molar-refractivity contribution in [2.24, 2.45) is 0 Å². The van der Waals surface area contributed by atoms with Crippen LogP contribution in [-0.4, -0.2) is 10.5 Å². The largest absolute Gasteiger partial charge is 0.248 e. The van der Waals surface area contributed by atoms with E-state index < -0.39 is 39.4 Å². The summed E-state index contributed by atoms with van der Waals surface area (Å²) in [7, 11) is -2.92. The fourth-order valence-corrected chi connectivity index (χ4v) is 13.6. The van der Waals surface area contributed by atoms with E-state index in [2.05, 4.69) is 28.7 Å². The summed E-state index contributed by atoms with van der Waals surface area (Å²) in [6.45, 7) is 0. The van der Waals surface area contributed by atoms with Crippen molar-refractivity contribution in [3.05, 3.63) is 131 Å². The zero-order valence-corrected chi connectivity index (χ0v) is 23.1. The lowest BCUT2D eigenvalue weighted by atomic mass is 9.94. The number of halogens is 4. The molecule has 1 saturated carbocycles. The minimum atomic E-state index is -1.90. The van der Waals surface area contributed by atoms with E-state index in [4.69, 9.17) is 0 Å². The normalized spacial score (nSPS) is 21.4. The minimum Gasteiger partial charge on any atom is -0.248 e. The highest BCUT2D eigenvalue weighted by atomic mass is 31.2. The van der Waals surface area contributed by atoms with Gasteiger partial charge in [0.25, 0.3) is 0 Å². The van der Waals surface area contributed by atoms with Gasteiger partial charge >= 0.3 is 0 Å². The number of rotatable bonds is 7. The predicted octanol–water partition coefficient (Wildman–Crippen LogP) is 9.12. The fourth-order valence-electron chi connectivity index (χ4n) is 5.79. The molecule has 200 valence electrons. The number of benzene rings is 4. The monoisotopic (exact) mass is 565 g/mol. The Hall–Kier alpha value is -2.58. The van der Waals surface area contributed by atoms with Crippen LogP contribution in [0.25, 0.3) is 0 Å². The Morgan fingerprint density at radius 3 is 1.46 bits per heavy atom. The maximum Gasteiger partial charge on any atom is 0.132 e. The van der Waals surface area contributed by atoms with Crippen LogP contribution in [0, 0.1) is 23.3 Å². The first kappa shape index (κ1) is 26.6. The summed E-state index contributed by atoms with van der Waals surface area (Å²) in [5.41, 5.74) is 2.76. The average molecular weight is 566 g/mol. The van der Waals surface area contributed by atoms with E-state index in [-0.39, 0.29) is 28.0 Å². The summed E-state index contributed by atoms with van der Waals surface area (Å²) in [5.74, 6) is -2.33. The maximum absolute atomic E-state index is 15.6. The van der Waals surface area contributed by atoms with Gasteiger partial charge in [0.15, 0.2) is 0 Å². The van der Waals surface area contributed by atoms with E-state index in [1.165, 1.54) is 23.3 Å². The van der Waals surface area contributed by atoms with Crippen molar-refractivity contribution in [1.82, 2.24) is 4.44 Å². The molecule has 1 heterocycles. The van der Waals surface area contributed by atoms with Crippen molar-refractivity contribution >= 4 is 26.8 Å². The third-order valence-corrected chi connectivity index (χ3v) is 14.5. The van der Waals surface area contributed by atoms with Gasteiger partial charge in [0, 0.05) is 36.0 Å². The van der Waals surface area contributed by atoms with Crippen molar-refractivity contribution in [2.45, 2.75) is 49.5 Å². The van der Waals surface area contributed by atoms with Crippen LogP contribution in [0.3, 0.4) is 0 Å². The van der Waals surface area contributed by atoms with Gasteiger partial charge in [-0.15, -0.1) is 0 Å². The summed E-state index contributed by atoms with van der Waals surface area (Å²) in [5, 5.41) is 0.240. The van der Waals surface area contributed by atoms with Crippen LogP contribution in [-0.2, 0) is 0 Å². The zero-order chi connectivity index (χ0) is 26.9. The van der Waals surface area contributed by atoms with Crippen molar-refractivity contribution < 1.29 is 17.6 Å². The van der Waals surface area contributed by atoms with Gasteiger partial charge in [0.05, 0.1) is 0 Å². The molecule has 0 amide bonds. The van der Waals surface area contributed by atoms with Gasteiger partial charge in [-0.2, -0.15) is 0 Å². The molecule has 3 atom stereocenters. The molecule has 2 unspecified atom stereocenters. The number of nitrogens with zero attached hydrogens (tertiary/aromatic N) is 1. The third kappa shape index (κ3) is 5.30. The molecule has 1 aliphatic carbocycles. The van der Waals surface area contributed by atoms with Crippen LogP contribution in [0.4, 0.5) is 17.6 Å². The highest BCUT2D eigenvalue weighted by Gasteiger charge is 2.48. The van der Waals surface area contributed by atoms with Crippen molar-refractivity contribution in [3.63, 3.8) is 0 Å². The molecule has 2 fully saturated rings. The summed E-state index contributed by atoms with van der Waals surface area (Å²) < 4.78 is 63.0. The molecule has 0 N–H and O–H groups in total. The number of hydrogen-bond acceptors (Lipinski definition) is 1. The van der Waals surface area contributed by atoms with E-state index in [0.29, 0.717) is 0 Å². The van der Waals surface area contributed by atoms with Crippen molar-refractivity contribution in [2.75, 3.05) is 0 Å². The first-order chi connectivity index (χ1) is 19.0. The Kier molecular flexibility index (Phi) is 7.85. The van der Waals surface area contributed by atoms with Crippen LogP contribution >= 0.6 is 16.1 Å². The SMILES string of the molecule is Fc1ccc(F)c(P(c2cc(F)ccc2F)N(C2CCC2)P2C(c3ccccc3)CC[C@H]2c2ccccc2)c1. The van der Waals surface area contributed by atoms with E-state index >= 15 is 8.78 Å². The Balaban J connectivity index is 1.59. The Bertz CT molecular complexity index is 1330. The van der Waals surface area contributed by atoms with Gasteiger partial charge in [-0.1, -0.05) is 67.1 Å². The molecule has 1 aliphatic heterocycles. The van der Waals surface area contributed by atoms with Gasteiger partial charge in [0.1, 0.15) is 23.3 Å². The molecule has 39 heavy (non-hydrogen) atoms. The van der Waals surface area contributed by atoms with Crippen LogP contribution in [0.15, 0.2) is 97.1 Å². The molecule has 4 aromatic carbocycles. The summed E-state index contributed by atoms with van der Waals surface area (Å²) in [6.07, 6.45) is 4.71. The molecule has 2 aliphatic rings. The van der Waals surface area contributed by atoms with Crippen LogP contribution in [0.5, 0.6) is 0 Å². The molecule has 6 rings (SSSR count). The zero-order valence-electron chi connectivity index (χ0n) is 21.4. The molecule has 0 aromatic heterocycles. The summed E-state index contributed by atoms with van der Waals surface area (Å²) in [6, 6.07) is 27.6. The minimum absolute atomic E-state index is 0.0862. The second-order valence-electron chi connectivity index (χ2n) is 10.2. The molecule has 1 saturated heterocycles. The van der Waals surface area contributed by atoms with Gasteiger partial charge in [-0.3, -0.25) is 0 Å². The lowest BCUT2D eigenvalue weighted by Gasteiger charge is -2.49. The van der Waals surface area contributed by atoms with Gasteiger partial charge in [-0.05, 0) is 81.3 Å². The van der Waals surface area contributed by atoms with Gasteiger partial charge in [0.2, 0.25) is 0 Å². The quantitative estimate of drug-likeness (QED) is 0.160. The maximum atomic E-state index is 15.6. The standard InChI is InChI=1S/C32H29F4NP2/c33-24-14-16-27(35)31(20-24)39(32-21-25(34)15-17-28(32)36)37(26-12-7-13-26)38-29(22-8-3-1-4-9-22)18-19-30(38)23-10-5-2-6-11-23/h1-6,8-11,14-17,20-21,26,29-30H,7,12-13,18-19H2/t29-,30?,38?/m0/s1. The van der Waals surface area contributed by atoms with Crippen LogP contribution in [0.2, 0.25) is 0 Å². The van der Waals surface area contributed by atoms with E-state index in [9.17, 15) is 8.78 Å². The van der Waals surface area contributed by atoms with E-state index in [1.54, 1.807) is 0 Å². The van der Waals surface area contributed by atoms with Crippen molar-refractivity contribution in [3.8, 4) is 0 Å². The second-order valence-corrected chi connectivity index (χ2v) is 15.0. The lowest BCUT2D eigenvalue weighted by Crippen LogP contribution is -2.40. The topological polar surface area (TPSA) is 3.24 Å². The Morgan fingerprint density at radius 2 is 1.05 bits per heavy atom. The molecule has 7 heteroatoms. The van der Waals surface area contributed by atoms with Crippen LogP contribution in [0.1, 0.15) is 54.5 Å². The Labute approximate surface area is 229 Å². The predicted molar refractivity (Wildman–Crippen MR) is 153 cm³/mol. The van der Waals surface area contributed by atoms with Gasteiger partial charge in [-0.25, -0.2) is 22.0 Å². The van der Waals surface area contributed by atoms with Crippen LogP contribution < -0.4 is 10.6 Å². The second kappa shape index (κ2) is 11.5. The van der Waals surface area contributed by atoms with Gasteiger partial charge < -0.3 is 0 Å². The third-order valence-electron chi connectivity index (χ3n) is 7.84. The smallest absolute Gasteiger partial charge is 0.132 e. The van der Waals surface area contributed by atoms with Crippen molar-refractivity contribution in [1.29, 1.82) is 0 Å². The summed E-state index contributed by atoms with van der Waals surface area (Å²) >= 11 is 0. The molecule has 4 aromatic rings. The number of hydrogen-bond donors (Lipinski definition) is 0. The summed E-state index contributed by atoms with van der Waals surface area (Å²) in [4.78, 5) is 0. The molecule has 1 nitrogen and oxygen atoms in total. The highest BCUT2D eigenvalue weighted by molar-refractivity contribution is 7.79. The molecule has 0 bridgehead atoms. The lowest BCUT2D eigenvalue weighted by molar-refractivity contribution is 0.314. The molecular formula is C32H29F4NP2. The highest BCUT2D eigenvalue weighted by Crippen LogP contribution is 2.77. The average Bonchev–Trinajstić information content (AvgIpc) is 3.37. The molecule has 0 radical (unpaired) electrons. The van der Waals surface area contributed by atoms with E-state index in [1.807, 2.05) is 36.4 Å². The first-order valence-corrected chi connectivity index (χ1v) is 16.1. The first-order valence-electron chi connectivity index (χ1n) is 13.4. The Morgan fingerprint density at radius 1 is 0.590 bits per heavy atom. The van der Waals surface area contributed by atoms with E-state index in [0.717, 1.165) is 56.4 Å². The fraction of sp³-hybridized carbons (Fsp3) is 0.250.